The van der Waals surface area contributed by atoms with Crippen LogP contribution in [0.15, 0.2) is 0 Å². The van der Waals surface area contributed by atoms with Crippen LogP contribution in [0.5, 0.6) is 0 Å². The summed E-state index contributed by atoms with van der Waals surface area (Å²) in [5, 5.41) is 9.97. The van der Waals surface area contributed by atoms with E-state index in [0.717, 1.165) is 43.5 Å². The molecule has 0 atom stereocenters. The third-order valence-corrected chi connectivity index (χ3v) is 4.15. The van der Waals surface area contributed by atoms with Crippen LogP contribution in [0.3, 0.4) is 0 Å². The molecule has 0 radical (unpaired) electrons. The summed E-state index contributed by atoms with van der Waals surface area (Å²) in [4.78, 5) is 23.0. The standard InChI is InChI=1S/C13H22N2O4/c1-12(8-9-12)15(14-10(16)17)11(18)19-13(2)6-4-3-5-7-13/h14H,3-9H2,1-2H3,(H,16,17). The van der Waals surface area contributed by atoms with Gasteiger partial charge in [0.2, 0.25) is 0 Å². The lowest BCUT2D eigenvalue weighted by molar-refractivity contribution is -0.0356. The van der Waals surface area contributed by atoms with Gasteiger partial charge < -0.3 is 9.84 Å². The average molecular weight is 270 g/mol. The Balaban J connectivity index is 2.01. The van der Waals surface area contributed by atoms with E-state index in [1.54, 1.807) is 0 Å². The Morgan fingerprint density at radius 1 is 1.11 bits per heavy atom. The van der Waals surface area contributed by atoms with Crippen LogP contribution in [-0.2, 0) is 4.74 Å². The molecule has 0 spiro atoms. The first kappa shape index (κ1) is 14.0. The van der Waals surface area contributed by atoms with Gasteiger partial charge in [-0.3, -0.25) is 0 Å². The Kier molecular flexibility index (Phi) is 3.60. The van der Waals surface area contributed by atoms with E-state index in [9.17, 15) is 9.59 Å². The number of ether oxygens (including phenoxy) is 1. The minimum absolute atomic E-state index is 0.430. The summed E-state index contributed by atoms with van der Waals surface area (Å²) in [7, 11) is 0. The summed E-state index contributed by atoms with van der Waals surface area (Å²) in [5.41, 5.74) is 1.27. The van der Waals surface area contributed by atoms with Crippen molar-refractivity contribution >= 4 is 12.2 Å². The number of amides is 2. The Labute approximate surface area is 113 Å². The maximum absolute atomic E-state index is 12.2. The van der Waals surface area contributed by atoms with Crippen LogP contribution >= 0.6 is 0 Å². The topological polar surface area (TPSA) is 78.9 Å². The lowest BCUT2D eigenvalue weighted by atomic mass is 9.86. The van der Waals surface area contributed by atoms with E-state index >= 15 is 0 Å². The first-order valence-electron chi connectivity index (χ1n) is 6.88. The normalized spacial score (nSPS) is 23.3. The highest BCUT2D eigenvalue weighted by Crippen LogP contribution is 2.41. The van der Waals surface area contributed by atoms with E-state index in [1.807, 2.05) is 13.8 Å². The Hall–Kier alpha value is -1.46. The fraction of sp³-hybridized carbons (Fsp3) is 0.846. The first-order chi connectivity index (χ1) is 8.85. The number of hydrogen-bond acceptors (Lipinski definition) is 3. The van der Waals surface area contributed by atoms with Crippen LogP contribution in [0.1, 0.15) is 58.8 Å². The molecule has 6 heteroatoms. The molecule has 0 unspecified atom stereocenters. The van der Waals surface area contributed by atoms with Crippen LogP contribution in [0.4, 0.5) is 9.59 Å². The zero-order chi connectivity index (χ0) is 14.1. The molecule has 2 N–H and O–H groups in total. The highest BCUT2D eigenvalue weighted by molar-refractivity contribution is 5.74. The monoisotopic (exact) mass is 270 g/mol. The van der Waals surface area contributed by atoms with Gasteiger partial charge in [0.15, 0.2) is 0 Å². The highest BCUT2D eigenvalue weighted by atomic mass is 16.6. The molecule has 2 amide bonds. The van der Waals surface area contributed by atoms with E-state index in [4.69, 9.17) is 9.84 Å². The van der Waals surface area contributed by atoms with E-state index in [-0.39, 0.29) is 0 Å². The van der Waals surface area contributed by atoms with Crippen LogP contribution in [0.2, 0.25) is 0 Å². The van der Waals surface area contributed by atoms with Crippen LogP contribution in [0, 0.1) is 0 Å². The van der Waals surface area contributed by atoms with Gasteiger partial charge in [-0.15, -0.1) is 0 Å². The fourth-order valence-electron chi connectivity index (χ4n) is 2.56. The molecule has 0 aromatic carbocycles. The van der Waals surface area contributed by atoms with Crippen molar-refractivity contribution in [3.05, 3.63) is 0 Å². The molecule has 19 heavy (non-hydrogen) atoms. The molecule has 2 rings (SSSR count). The van der Waals surface area contributed by atoms with Gasteiger partial charge >= 0.3 is 12.2 Å². The van der Waals surface area contributed by atoms with Crippen molar-refractivity contribution in [2.45, 2.75) is 69.9 Å². The highest BCUT2D eigenvalue weighted by Gasteiger charge is 2.49. The zero-order valence-electron chi connectivity index (χ0n) is 11.6. The molecule has 0 aliphatic heterocycles. The smallest absolute Gasteiger partial charge is 0.429 e. The number of rotatable bonds is 2. The third-order valence-electron chi connectivity index (χ3n) is 4.15. The van der Waals surface area contributed by atoms with Gasteiger partial charge in [-0.2, -0.15) is 0 Å². The van der Waals surface area contributed by atoms with Crippen molar-refractivity contribution in [1.29, 1.82) is 0 Å². The number of nitrogens with zero attached hydrogens (tertiary/aromatic N) is 1. The average Bonchev–Trinajstić information content (AvgIpc) is 3.05. The van der Waals surface area contributed by atoms with E-state index in [0.29, 0.717) is 0 Å². The molecule has 0 bridgehead atoms. The summed E-state index contributed by atoms with van der Waals surface area (Å²) < 4.78 is 5.57. The lowest BCUT2D eigenvalue weighted by Gasteiger charge is -2.36. The summed E-state index contributed by atoms with van der Waals surface area (Å²) in [6.45, 7) is 3.78. The number of hydrogen-bond donors (Lipinski definition) is 2. The van der Waals surface area contributed by atoms with Gasteiger partial charge in [-0.25, -0.2) is 20.0 Å². The predicted molar refractivity (Wildman–Crippen MR) is 68.6 cm³/mol. The van der Waals surface area contributed by atoms with Crippen LogP contribution in [0.25, 0.3) is 0 Å². The molecule has 2 fully saturated rings. The minimum Gasteiger partial charge on any atom is -0.464 e. The van der Waals surface area contributed by atoms with Crippen LogP contribution < -0.4 is 5.43 Å². The molecular weight excluding hydrogens is 248 g/mol. The van der Waals surface area contributed by atoms with E-state index in [2.05, 4.69) is 5.43 Å². The van der Waals surface area contributed by atoms with Gasteiger partial charge in [-0.1, -0.05) is 6.42 Å². The molecular formula is C13H22N2O4. The maximum atomic E-state index is 12.2. The van der Waals surface area contributed by atoms with Gasteiger partial charge in [0, 0.05) is 0 Å². The third kappa shape index (κ3) is 3.30. The molecule has 0 aromatic heterocycles. The molecule has 0 saturated heterocycles. The molecule has 0 heterocycles. The Bertz CT molecular complexity index is 373. The number of carbonyl (C=O) groups excluding carboxylic acids is 1. The zero-order valence-corrected chi connectivity index (χ0v) is 11.6. The van der Waals surface area contributed by atoms with Gasteiger partial charge in [-0.05, 0) is 52.4 Å². The Morgan fingerprint density at radius 3 is 2.16 bits per heavy atom. The number of hydrazine groups is 1. The van der Waals surface area contributed by atoms with E-state index in [1.165, 1.54) is 6.42 Å². The quantitative estimate of drug-likeness (QED) is 0.756. The molecule has 108 valence electrons. The van der Waals surface area contributed by atoms with Crippen molar-refractivity contribution in [1.82, 2.24) is 10.4 Å². The van der Waals surface area contributed by atoms with Crippen molar-refractivity contribution in [2.75, 3.05) is 0 Å². The second-order valence-corrected chi connectivity index (χ2v) is 6.13. The van der Waals surface area contributed by atoms with Crippen molar-refractivity contribution in [3.63, 3.8) is 0 Å². The fourth-order valence-corrected chi connectivity index (χ4v) is 2.56. The second-order valence-electron chi connectivity index (χ2n) is 6.13. The van der Waals surface area contributed by atoms with Gasteiger partial charge in [0.1, 0.15) is 5.60 Å². The molecule has 2 saturated carbocycles. The molecule has 6 nitrogen and oxygen atoms in total. The first-order valence-corrected chi connectivity index (χ1v) is 6.88. The van der Waals surface area contributed by atoms with E-state index < -0.39 is 23.3 Å². The summed E-state index contributed by atoms with van der Waals surface area (Å²) in [6.07, 6.45) is 4.72. The molecule has 2 aliphatic carbocycles. The largest absolute Gasteiger partial charge is 0.464 e. The summed E-state index contributed by atoms with van der Waals surface area (Å²) in [6, 6.07) is 0. The summed E-state index contributed by atoms with van der Waals surface area (Å²) in [5.74, 6) is 0. The SMILES string of the molecule is CC1(OC(=O)N(NC(=O)O)C2(C)CC2)CCCCC1. The minimum atomic E-state index is -1.24. The van der Waals surface area contributed by atoms with Crippen molar-refractivity contribution in [2.24, 2.45) is 0 Å². The van der Waals surface area contributed by atoms with Gasteiger partial charge in [0.05, 0.1) is 5.54 Å². The predicted octanol–water partition coefficient (Wildman–Crippen LogP) is 2.88. The summed E-state index contributed by atoms with van der Waals surface area (Å²) >= 11 is 0. The van der Waals surface area contributed by atoms with Crippen molar-refractivity contribution in [3.8, 4) is 0 Å². The molecule has 2 aliphatic rings. The van der Waals surface area contributed by atoms with Gasteiger partial charge in [0.25, 0.3) is 0 Å². The Morgan fingerprint density at radius 2 is 1.68 bits per heavy atom. The maximum Gasteiger partial charge on any atom is 0.429 e. The van der Waals surface area contributed by atoms with Crippen LogP contribution in [-0.4, -0.2) is 33.4 Å². The number of carboxylic acid groups (broad SMARTS) is 1. The number of nitrogens with one attached hydrogen (secondary N) is 1. The number of carbonyl (C=O) groups is 2. The lowest BCUT2D eigenvalue weighted by Crippen LogP contribution is -2.54. The molecule has 0 aromatic rings. The second kappa shape index (κ2) is 4.90. The van der Waals surface area contributed by atoms with Crippen molar-refractivity contribution < 1.29 is 19.4 Å².